The summed E-state index contributed by atoms with van der Waals surface area (Å²) in [6.07, 6.45) is 2.63. The molecule has 41 heavy (non-hydrogen) atoms. The molecule has 1 aromatic carbocycles. The Balaban J connectivity index is 1.14. The molecule has 5 heterocycles. The smallest absolute Gasteiger partial charge is 0.228 e. The zero-order valence-corrected chi connectivity index (χ0v) is 23.1. The van der Waals surface area contributed by atoms with E-state index in [-0.39, 0.29) is 6.54 Å². The second-order valence-corrected chi connectivity index (χ2v) is 10.7. The number of rotatable bonds is 8. The maximum atomic E-state index is 14.2. The van der Waals surface area contributed by atoms with Gasteiger partial charge in [0.15, 0.2) is 0 Å². The first-order valence-electron chi connectivity index (χ1n) is 14.1. The molecule has 2 atom stereocenters. The van der Waals surface area contributed by atoms with Crippen LogP contribution >= 0.6 is 0 Å². The van der Waals surface area contributed by atoms with Crippen LogP contribution in [0.25, 0.3) is 11.3 Å². The lowest BCUT2D eigenvalue weighted by molar-refractivity contribution is -0.0713. The number of nitriles is 1. The average Bonchev–Trinajstić information content (AvgIpc) is 2.98. The number of hydrogen-bond acceptors (Lipinski definition) is 10. The number of ether oxygens (including phenoxy) is 3. The van der Waals surface area contributed by atoms with Gasteiger partial charge in [-0.15, -0.1) is 0 Å². The molecule has 214 valence electrons. The number of pyridine rings is 1. The van der Waals surface area contributed by atoms with Crippen molar-refractivity contribution in [3.05, 3.63) is 53.7 Å². The third kappa shape index (κ3) is 6.10. The van der Waals surface area contributed by atoms with E-state index in [0.29, 0.717) is 59.6 Å². The van der Waals surface area contributed by atoms with Crippen molar-refractivity contribution in [3.63, 3.8) is 0 Å². The maximum absolute atomic E-state index is 14.2. The number of benzene rings is 1. The summed E-state index contributed by atoms with van der Waals surface area (Å²) in [5, 5.41) is 15.9. The van der Waals surface area contributed by atoms with E-state index in [2.05, 4.69) is 37.6 Å². The predicted molar refractivity (Wildman–Crippen MR) is 151 cm³/mol. The maximum Gasteiger partial charge on any atom is 0.228 e. The van der Waals surface area contributed by atoms with E-state index in [4.69, 9.17) is 19.2 Å². The molecule has 3 aromatic rings. The van der Waals surface area contributed by atoms with E-state index in [1.165, 1.54) is 0 Å². The molecular weight excluding hydrogens is 525 g/mol. The lowest BCUT2D eigenvalue weighted by Crippen LogP contribution is -2.51. The molecule has 0 unspecified atom stereocenters. The zero-order valence-electron chi connectivity index (χ0n) is 23.1. The first-order chi connectivity index (χ1) is 20.1. The highest BCUT2D eigenvalue weighted by Gasteiger charge is 2.31. The van der Waals surface area contributed by atoms with E-state index < -0.39 is 12.3 Å². The monoisotopic (exact) mass is 559 g/mol. The van der Waals surface area contributed by atoms with Gasteiger partial charge in [-0.1, -0.05) is 0 Å². The lowest BCUT2D eigenvalue weighted by Gasteiger charge is -2.41. The number of nitrogens with zero attached hydrogens (tertiary/aromatic N) is 5. The number of halogens is 1. The number of alkyl halides is 1. The second kappa shape index (κ2) is 12.3. The van der Waals surface area contributed by atoms with Crippen LogP contribution in [0.1, 0.15) is 36.3 Å². The highest BCUT2D eigenvalue weighted by molar-refractivity contribution is 5.65. The molecule has 0 amide bonds. The Hall–Kier alpha value is -3.85. The number of aromatic nitrogens is 3. The van der Waals surface area contributed by atoms with Crippen LogP contribution in [0, 0.1) is 11.3 Å². The van der Waals surface area contributed by atoms with Crippen LogP contribution in [-0.4, -0.2) is 84.7 Å². The summed E-state index contributed by atoms with van der Waals surface area (Å²) >= 11 is 0. The predicted octanol–water partition coefficient (Wildman–Crippen LogP) is 3.82. The molecule has 0 radical (unpaired) electrons. The molecule has 3 aliphatic rings. The summed E-state index contributed by atoms with van der Waals surface area (Å²) in [7, 11) is 1.65. The number of likely N-dealkylation sites (tertiary alicyclic amines) is 1. The summed E-state index contributed by atoms with van der Waals surface area (Å²) in [4.78, 5) is 16.2. The first kappa shape index (κ1) is 27.3. The van der Waals surface area contributed by atoms with Gasteiger partial charge in [0.25, 0.3) is 0 Å². The molecule has 3 fully saturated rings. The molecule has 0 bridgehead atoms. The summed E-state index contributed by atoms with van der Waals surface area (Å²) in [6.45, 7) is 4.73. The van der Waals surface area contributed by atoms with Crippen molar-refractivity contribution in [1.29, 1.82) is 5.26 Å². The highest BCUT2D eigenvalue weighted by Crippen LogP contribution is 2.35. The number of piperidine rings is 2. The lowest BCUT2D eigenvalue weighted by atomic mass is 9.89. The molecule has 6 rings (SSSR count). The van der Waals surface area contributed by atoms with Crippen LogP contribution in [0.5, 0.6) is 11.6 Å². The van der Waals surface area contributed by atoms with Gasteiger partial charge < -0.3 is 24.8 Å². The fourth-order valence-corrected chi connectivity index (χ4v) is 5.67. The van der Waals surface area contributed by atoms with Gasteiger partial charge in [0.2, 0.25) is 11.8 Å². The molecule has 3 saturated heterocycles. The van der Waals surface area contributed by atoms with Crippen LogP contribution in [0.15, 0.2) is 42.6 Å². The number of methoxy groups -OCH3 is 1. The minimum atomic E-state index is -1.12. The Morgan fingerprint density at radius 2 is 1.98 bits per heavy atom. The summed E-state index contributed by atoms with van der Waals surface area (Å²) in [6, 6.07) is 13.7. The topological polar surface area (TPSA) is 117 Å². The third-order valence-corrected chi connectivity index (χ3v) is 8.11. The van der Waals surface area contributed by atoms with Crippen molar-refractivity contribution in [1.82, 2.24) is 25.2 Å². The number of anilines is 2. The largest absolute Gasteiger partial charge is 0.486 e. The van der Waals surface area contributed by atoms with Gasteiger partial charge in [-0.05, 0) is 81.2 Å². The molecule has 0 spiro atoms. The molecule has 2 N–H and O–H groups in total. The summed E-state index contributed by atoms with van der Waals surface area (Å²) in [5.74, 6) is 2.33. The fourth-order valence-electron chi connectivity index (χ4n) is 5.67. The Kier molecular flexibility index (Phi) is 8.23. The second-order valence-electron chi connectivity index (χ2n) is 10.7. The molecule has 0 aliphatic carbocycles. The molecule has 2 aromatic heterocycles. The Labute approximate surface area is 238 Å². The van der Waals surface area contributed by atoms with Gasteiger partial charge in [-0.3, -0.25) is 4.90 Å². The van der Waals surface area contributed by atoms with Gasteiger partial charge in [0.05, 0.1) is 37.6 Å². The number of hydrogen-bond donors (Lipinski definition) is 2. The van der Waals surface area contributed by atoms with Crippen molar-refractivity contribution in [3.8, 4) is 29.0 Å². The minimum Gasteiger partial charge on any atom is -0.486 e. The van der Waals surface area contributed by atoms with Crippen LogP contribution in [0.3, 0.4) is 0 Å². The highest BCUT2D eigenvalue weighted by atomic mass is 19.1. The van der Waals surface area contributed by atoms with Crippen LogP contribution in [0.2, 0.25) is 0 Å². The Morgan fingerprint density at radius 1 is 1.12 bits per heavy atom. The van der Waals surface area contributed by atoms with E-state index in [0.717, 1.165) is 50.3 Å². The van der Waals surface area contributed by atoms with Crippen molar-refractivity contribution in [2.45, 2.75) is 43.5 Å². The van der Waals surface area contributed by atoms with E-state index in [1.54, 1.807) is 31.5 Å². The Morgan fingerprint density at radius 3 is 2.71 bits per heavy atom. The van der Waals surface area contributed by atoms with E-state index in [9.17, 15) is 9.65 Å². The molecular formula is C30H34FN7O3. The molecule has 10 nitrogen and oxygen atoms in total. The van der Waals surface area contributed by atoms with Crippen molar-refractivity contribution in [2.75, 3.05) is 51.8 Å². The van der Waals surface area contributed by atoms with Gasteiger partial charge in [0.1, 0.15) is 29.9 Å². The summed E-state index contributed by atoms with van der Waals surface area (Å²) in [5.41, 5.74) is 2.80. The first-order valence-corrected chi connectivity index (χ1v) is 14.1. The quantitative estimate of drug-likeness (QED) is 0.422. The van der Waals surface area contributed by atoms with Gasteiger partial charge in [-0.2, -0.15) is 10.2 Å². The normalized spacial score (nSPS) is 22.0. The number of nitrogens with one attached hydrogen (secondary N) is 2. The standard InChI is InChI=1S/C30H34FN7O3/c1-39-29-23(19-8-12-38(13-9-19)22-17-40-18-22)3-5-28(36-29)37-30-34-11-6-25(35-30)20-2-4-26(21(14-20)15-32)41-27-7-10-33-16-24(27)31/h2-6,11,14,19,22,24,27,33H,7-10,12-13,16-18H2,1H3,(H,34,35,36,37)/t24-,27+/m1/s1. The minimum absolute atomic E-state index is 0.251. The molecule has 11 heteroatoms. The van der Waals surface area contributed by atoms with Crippen molar-refractivity contribution < 1.29 is 18.6 Å². The van der Waals surface area contributed by atoms with Crippen molar-refractivity contribution >= 4 is 11.8 Å². The van der Waals surface area contributed by atoms with Gasteiger partial charge >= 0.3 is 0 Å². The fraction of sp³-hybridized carbons (Fsp3) is 0.467. The zero-order chi connectivity index (χ0) is 28.2. The average molecular weight is 560 g/mol. The SMILES string of the molecule is COc1nc(Nc2nccc(-c3ccc(O[C@H]4CCNC[C@H]4F)c(C#N)c3)n2)ccc1C1CCN(C2COC2)CC1. The van der Waals surface area contributed by atoms with Crippen LogP contribution < -0.4 is 20.1 Å². The molecule has 3 aliphatic heterocycles. The third-order valence-electron chi connectivity index (χ3n) is 8.11. The Bertz CT molecular complexity index is 1410. The molecule has 0 saturated carbocycles. The summed E-state index contributed by atoms with van der Waals surface area (Å²) < 4.78 is 31.1. The van der Waals surface area contributed by atoms with E-state index in [1.807, 2.05) is 12.1 Å². The van der Waals surface area contributed by atoms with E-state index >= 15 is 0 Å². The van der Waals surface area contributed by atoms with Crippen LogP contribution in [0.4, 0.5) is 16.2 Å². The van der Waals surface area contributed by atoms with Crippen molar-refractivity contribution in [2.24, 2.45) is 0 Å². The van der Waals surface area contributed by atoms with Gasteiger partial charge in [0, 0.05) is 23.9 Å². The van der Waals surface area contributed by atoms with Crippen LogP contribution in [-0.2, 0) is 4.74 Å². The van der Waals surface area contributed by atoms with Gasteiger partial charge in [-0.25, -0.2) is 14.4 Å².